The number of hydrogen-bond donors (Lipinski definition) is 1. The zero-order valence-electron chi connectivity index (χ0n) is 14.9. The van der Waals surface area contributed by atoms with Gasteiger partial charge in [0.05, 0.1) is 11.4 Å². The molecular formula is C21H20N2O4S. The molecule has 0 spiro atoms. The maximum absolute atomic E-state index is 12.6. The normalized spacial score (nSPS) is 15.0. The quantitative estimate of drug-likeness (QED) is 0.710. The number of ether oxygens (including phenoxy) is 1. The summed E-state index contributed by atoms with van der Waals surface area (Å²) in [6.07, 6.45) is 0. The fourth-order valence-electron chi connectivity index (χ4n) is 3.06. The second kappa shape index (κ2) is 7.46. The first-order chi connectivity index (χ1) is 13.5. The maximum atomic E-state index is 12.6. The van der Waals surface area contributed by atoms with Gasteiger partial charge in [-0.2, -0.15) is 4.31 Å². The molecule has 0 atom stereocenters. The summed E-state index contributed by atoms with van der Waals surface area (Å²) in [5, 5.41) is 2.73. The summed E-state index contributed by atoms with van der Waals surface area (Å²) >= 11 is 0. The van der Waals surface area contributed by atoms with E-state index in [2.05, 4.69) is 5.32 Å². The topological polar surface area (TPSA) is 75.7 Å². The highest BCUT2D eigenvalue weighted by Gasteiger charge is 2.35. The molecule has 0 bridgehead atoms. The fraction of sp³-hybridized carbons (Fsp3) is 0.0952. The van der Waals surface area contributed by atoms with Gasteiger partial charge in [0.25, 0.3) is 0 Å². The van der Waals surface area contributed by atoms with Gasteiger partial charge >= 0.3 is 0 Å². The van der Waals surface area contributed by atoms with E-state index >= 15 is 0 Å². The van der Waals surface area contributed by atoms with Gasteiger partial charge in [0.2, 0.25) is 15.9 Å². The van der Waals surface area contributed by atoms with Gasteiger partial charge in [-0.05, 0) is 35.9 Å². The number of sulfonamides is 1. The molecule has 0 unspecified atom stereocenters. The number of nitrogens with zero attached hydrogens (tertiary/aromatic N) is 1. The molecule has 4 rings (SSSR count). The molecule has 0 aliphatic carbocycles. The molecule has 0 fully saturated rings. The van der Waals surface area contributed by atoms with E-state index in [9.17, 15) is 13.2 Å². The third-order valence-corrected chi connectivity index (χ3v) is 6.25. The lowest BCUT2D eigenvalue weighted by Gasteiger charge is -2.14. The lowest BCUT2D eigenvalue weighted by Crippen LogP contribution is -2.33. The predicted octanol–water partition coefficient (Wildman–Crippen LogP) is 3.87. The molecule has 0 saturated carbocycles. The van der Waals surface area contributed by atoms with E-state index in [-0.39, 0.29) is 19.4 Å². The third-order valence-electron chi connectivity index (χ3n) is 4.35. The molecule has 28 heavy (non-hydrogen) atoms. The van der Waals surface area contributed by atoms with Crippen LogP contribution in [-0.2, 0) is 21.4 Å². The highest BCUT2D eigenvalue weighted by atomic mass is 32.2. The van der Waals surface area contributed by atoms with E-state index in [0.717, 1.165) is 0 Å². The van der Waals surface area contributed by atoms with Crippen molar-refractivity contribution in [3.05, 3.63) is 84.4 Å². The standard InChI is InChI=1S/C21H18N2O4S.H2/c24-21(15-23-14-16-7-4-5-12-20(16)28(23,25)26)22-17-8-6-11-19(13-17)27-18-9-2-1-3-10-18;/h1-13H,14-15H2,(H,22,24);1H. The molecule has 0 aromatic heterocycles. The number of hydrogen-bond acceptors (Lipinski definition) is 4. The van der Waals surface area contributed by atoms with Crippen LogP contribution >= 0.6 is 0 Å². The lowest BCUT2D eigenvalue weighted by molar-refractivity contribution is -0.116. The Hall–Kier alpha value is -3.16. The fourth-order valence-corrected chi connectivity index (χ4v) is 4.65. The average molecular weight is 396 g/mol. The molecule has 1 aliphatic rings. The Morgan fingerprint density at radius 3 is 2.46 bits per heavy atom. The van der Waals surface area contributed by atoms with Crippen LogP contribution in [0, 0.1) is 0 Å². The Morgan fingerprint density at radius 2 is 1.68 bits per heavy atom. The minimum Gasteiger partial charge on any atom is -0.457 e. The number of carbonyl (C=O) groups excluding carboxylic acids is 1. The first-order valence-electron chi connectivity index (χ1n) is 8.73. The first kappa shape index (κ1) is 18.2. The van der Waals surface area contributed by atoms with E-state index in [4.69, 9.17) is 4.74 Å². The molecule has 0 saturated heterocycles. The van der Waals surface area contributed by atoms with Crippen molar-refractivity contribution in [2.75, 3.05) is 11.9 Å². The van der Waals surface area contributed by atoms with Gasteiger partial charge < -0.3 is 10.1 Å². The Bertz CT molecular complexity index is 1120. The molecule has 1 N–H and O–H groups in total. The number of benzene rings is 3. The Balaban J connectivity index is 0.00000240. The second-order valence-electron chi connectivity index (χ2n) is 6.37. The van der Waals surface area contributed by atoms with E-state index < -0.39 is 15.9 Å². The summed E-state index contributed by atoms with van der Waals surface area (Å²) in [4.78, 5) is 12.7. The van der Waals surface area contributed by atoms with Gasteiger partial charge in [0.15, 0.2) is 0 Å². The van der Waals surface area contributed by atoms with Crippen LogP contribution in [0.4, 0.5) is 5.69 Å². The smallest absolute Gasteiger partial charge is 0.244 e. The van der Waals surface area contributed by atoms with Crippen molar-refractivity contribution in [3.8, 4) is 11.5 Å². The SMILES string of the molecule is O=C(CN1Cc2ccccc2S1(=O)=O)Nc1cccc(Oc2ccccc2)c1.[HH]. The molecule has 3 aromatic carbocycles. The van der Waals surface area contributed by atoms with Crippen molar-refractivity contribution in [2.24, 2.45) is 0 Å². The van der Waals surface area contributed by atoms with Crippen LogP contribution in [0.1, 0.15) is 6.99 Å². The summed E-state index contributed by atoms with van der Waals surface area (Å²) in [6.45, 7) is -0.0517. The number of carbonyl (C=O) groups is 1. The number of rotatable bonds is 5. The number of nitrogens with one attached hydrogen (secondary N) is 1. The third kappa shape index (κ3) is 3.76. The van der Waals surface area contributed by atoms with Crippen molar-refractivity contribution >= 4 is 21.6 Å². The summed E-state index contributed by atoms with van der Waals surface area (Å²) < 4.78 is 32.0. The van der Waals surface area contributed by atoms with Gasteiger partial charge in [-0.25, -0.2) is 8.42 Å². The summed E-state index contributed by atoms with van der Waals surface area (Å²) in [7, 11) is -3.63. The monoisotopic (exact) mass is 396 g/mol. The molecule has 0 radical (unpaired) electrons. The highest BCUT2D eigenvalue weighted by molar-refractivity contribution is 7.89. The summed E-state index contributed by atoms with van der Waals surface area (Å²) in [5.74, 6) is 0.852. The molecule has 1 heterocycles. The number of anilines is 1. The zero-order chi connectivity index (χ0) is 19.6. The maximum Gasteiger partial charge on any atom is 0.244 e. The van der Waals surface area contributed by atoms with E-state index in [1.165, 1.54) is 4.31 Å². The largest absolute Gasteiger partial charge is 0.457 e. The molecule has 1 aliphatic heterocycles. The molecule has 3 aromatic rings. The van der Waals surface area contributed by atoms with Crippen LogP contribution in [0.3, 0.4) is 0 Å². The zero-order valence-corrected chi connectivity index (χ0v) is 15.7. The van der Waals surface area contributed by atoms with E-state index in [0.29, 0.717) is 22.7 Å². The summed E-state index contributed by atoms with van der Waals surface area (Å²) in [6, 6.07) is 23.1. The molecule has 1 amide bonds. The van der Waals surface area contributed by atoms with Crippen molar-refractivity contribution in [3.63, 3.8) is 0 Å². The van der Waals surface area contributed by atoms with E-state index in [1.807, 2.05) is 30.3 Å². The van der Waals surface area contributed by atoms with Crippen molar-refractivity contribution in [1.29, 1.82) is 0 Å². The second-order valence-corrected chi connectivity index (χ2v) is 8.28. The molecule has 7 heteroatoms. The van der Waals surface area contributed by atoms with Crippen LogP contribution < -0.4 is 10.1 Å². The Kier molecular flexibility index (Phi) is 4.85. The highest BCUT2D eigenvalue weighted by Crippen LogP contribution is 2.29. The minimum absolute atomic E-state index is 0. The first-order valence-corrected chi connectivity index (χ1v) is 10.2. The van der Waals surface area contributed by atoms with Crippen LogP contribution in [0.15, 0.2) is 83.8 Å². The number of fused-ring (bicyclic) bond motifs is 1. The van der Waals surface area contributed by atoms with Gasteiger partial charge in [-0.3, -0.25) is 4.79 Å². The van der Waals surface area contributed by atoms with Crippen molar-refractivity contribution in [1.82, 2.24) is 4.31 Å². The van der Waals surface area contributed by atoms with Crippen LogP contribution in [0.5, 0.6) is 11.5 Å². The van der Waals surface area contributed by atoms with Gasteiger partial charge in [0.1, 0.15) is 11.5 Å². The van der Waals surface area contributed by atoms with Crippen LogP contribution in [0.25, 0.3) is 0 Å². The average Bonchev–Trinajstić information content (AvgIpc) is 2.93. The van der Waals surface area contributed by atoms with E-state index in [1.54, 1.807) is 48.5 Å². The lowest BCUT2D eigenvalue weighted by atomic mass is 10.2. The van der Waals surface area contributed by atoms with Crippen LogP contribution in [0.2, 0.25) is 0 Å². The Morgan fingerprint density at radius 1 is 0.964 bits per heavy atom. The van der Waals surface area contributed by atoms with Gasteiger partial charge in [-0.15, -0.1) is 0 Å². The summed E-state index contributed by atoms with van der Waals surface area (Å²) in [5.41, 5.74) is 1.24. The van der Waals surface area contributed by atoms with Gasteiger partial charge in [0, 0.05) is 19.7 Å². The van der Waals surface area contributed by atoms with Crippen molar-refractivity contribution < 1.29 is 19.4 Å². The van der Waals surface area contributed by atoms with Crippen molar-refractivity contribution in [2.45, 2.75) is 11.4 Å². The molecular weight excluding hydrogens is 376 g/mol. The Labute approximate surface area is 164 Å². The number of amides is 1. The van der Waals surface area contributed by atoms with Gasteiger partial charge in [-0.1, -0.05) is 42.5 Å². The number of para-hydroxylation sites is 1. The molecule has 6 nitrogen and oxygen atoms in total. The predicted molar refractivity (Wildman–Crippen MR) is 108 cm³/mol. The minimum atomic E-state index is -3.63. The molecule has 144 valence electrons. The van der Waals surface area contributed by atoms with Crippen LogP contribution in [-0.4, -0.2) is 25.2 Å².